The number of methoxy groups -OCH3 is 1. The van der Waals surface area contributed by atoms with Crippen molar-refractivity contribution in [1.29, 1.82) is 0 Å². The summed E-state index contributed by atoms with van der Waals surface area (Å²) in [6.07, 6.45) is 3.89. The predicted octanol–water partition coefficient (Wildman–Crippen LogP) is 3.64. The highest BCUT2D eigenvalue weighted by molar-refractivity contribution is 7.18. The average molecular weight is 440 g/mol. The Morgan fingerprint density at radius 1 is 1.29 bits per heavy atom. The number of esters is 1. The van der Waals surface area contributed by atoms with Gasteiger partial charge in [0, 0.05) is 17.0 Å². The number of fused-ring (bicyclic) bond motifs is 2. The fourth-order valence-corrected chi connectivity index (χ4v) is 5.24. The van der Waals surface area contributed by atoms with Crippen molar-refractivity contribution in [2.24, 2.45) is 0 Å². The molecule has 31 heavy (non-hydrogen) atoms. The van der Waals surface area contributed by atoms with Gasteiger partial charge in [-0.25, -0.2) is 18.9 Å². The molecule has 0 saturated carbocycles. The number of hydrogen-bond acceptors (Lipinski definition) is 7. The highest BCUT2D eigenvalue weighted by Crippen LogP contribution is 2.35. The Labute approximate surface area is 182 Å². The zero-order chi connectivity index (χ0) is 21.5. The van der Waals surface area contributed by atoms with E-state index in [1.54, 1.807) is 28.1 Å². The number of thiazole rings is 1. The van der Waals surface area contributed by atoms with Gasteiger partial charge in [0.2, 0.25) is 0 Å². The molecule has 1 aromatic carbocycles. The SMILES string of the molecule is COC(=O)Cc1cc(-c2cc(F)c3nc(C4CCNCC4)sc3c2)nn2cc(C)nc12. The molecule has 1 saturated heterocycles. The van der Waals surface area contributed by atoms with E-state index in [0.717, 1.165) is 41.3 Å². The van der Waals surface area contributed by atoms with Gasteiger partial charge >= 0.3 is 5.97 Å². The first-order valence-electron chi connectivity index (χ1n) is 10.3. The van der Waals surface area contributed by atoms with Crippen molar-refractivity contribution in [3.63, 3.8) is 0 Å². The van der Waals surface area contributed by atoms with Crippen LogP contribution in [0.25, 0.3) is 27.1 Å². The molecule has 160 valence electrons. The molecule has 0 amide bonds. The zero-order valence-corrected chi connectivity index (χ0v) is 18.1. The Kier molecular flexibility index (Phi) is 5.15. The van der Waals surface area contributed by atoms with Gasteiger partial charge in [-0.05, 0) is 51.1 Å². The minimum absolute atomic E-state index is 0.0666. The van der Waals surface area contributed by atoms with Crippen LogP contribution in [0.1, 0.15) is 35.0 Å². The molecule has 4 heterocycles. The number of nitrogens with one attached hydrogen (secondary N) is 1. The maximum Gasteiger partial charge on any atom is 0.310 e. The minimum Gasteiger partial charge on any atom is -0.469 e. The van der Waals surface area contributed by atoms with Gasteiger partial charge in [0.05, 0.1) is 40.8 Å². The number of imidazole rings is 1. The van der Waals surface area contributed by atoms with Crippen LogP contribution >= 0.6 is 11.3 Å². The summed E-state index contributed by atoms with van der Waals surface area (Å²) in [5, 5.41) is 8.96. The molecule has 0 bridgehead atoms. The Hall–Kier alpha value is -2.91. The van der Waals surface area contributed by atoms with Crippen molar-refractivity contribution >= 4 is 33.2 Å². The first-order valence-corrected chi connectivity index (χ1v) is 11.1. The van der Waals surface area contributed by atoms with Crippen LogP contribution in [0.5, 0.6) is 0 Å². The van der Waals surface area contributed by atoms with E-state index in [2.05, 4.69) is 20.4 Å². The van der Waals surface area contributed by atoms with Gasteiger partial charge in [0.1, 0.15) is 5.52 Å². The lowest BCUT2D eigenvalue weighted by Crippen LogP contribution is -2.26. The van der Waals surface area contributed by atoms with Gasteiger partial charge in [-0.1, -0.05) is 0 Å². The molecule has 1 aliphatic heterocycles. The van der Waals surface area contributed by atoms with E-state index in [1.807, 2.05) is 13.0 Å². The van der Waals surface area contributed by atoms with Crippen molar-refractivity contribution in [2.45, 2.75) is 32.1 Å². The van der Waals surface area contributed by atoms with Crippen LogP contribution in [0.15, 0.2) is 24.4 Å². The summed E-state index contributed by atoms with van der Waals surface area (Å²) in [4.78, 5) is 21.0. The van der Waals surface area contributed by atoms with Crippen LogP contribution in [-0.2, 0) is 16.0 Å². The molecular formula is C22H22FN5O2S. The van der Waals surface area contributed by atoms with E-state index in [4.69, 9.17) is 4.74 Å². The smallest absolute Gasteiger partial charge is 0.310 e. The second kappa shape index (κ2) is 7.97. The molecule has 0 unspecified atom stereocenters. The molecule has 1 aliphatic rings. The molecule has 3 aromatic heterocycles. The van der Waals surface area contributed by atoms with Crippen molar-refractivity contribution in [3.05, 3.63) is 46.5 Å². The number of ether oxygens (including phenoxy) is 1. The zero-order valence-electron chi connectivity index (χ0n) is 17.3. The second-order valence-electron chi connectivity index (χ2n) is 7.84. The number of nitrogens with zero attached hydrogens (tertiary/aromatic N) is 4. The molecule has 4 aromatic rings. The van der Waals surface area contributed by atoms with E-state index >= 15 is 4.39 Å². The lowest BCUT2D eigenvalue weighted by molar-refractivity contribution is -0.139. The number of carbonyl (C=O) groups excluding carboxylic acids is 1. The van der Waals surface area contributed by atoms with Crippen LogP contribution in [0.4, 0.5) is 4.39 Å². The Bertz CT molecular complexity index is 1290. The van der Waals surface area contributed by atoms with Crippen LogP contribution in [0.2, 0.25) is 0 Å². The maximum atomic E-state index is 15.0. The van der Waals surface area contributed by atoms with Gasteiger partial charge in [-0.2, -0.15) is 5.10 Å². The summed E-state index contributed by atoms with van der Waals surface area (Å²) in [5.74, 6) is -0.353. The third kappa shape index (κ3) is 3.79. The lowest BCUT2D eigenvalue weighted by atomic mass is 9.99. The molecule has 0 aliphatic carbocycles. The normalized spacial score (nSPS) is 15.1. The quantitative estimate of drug-likeness (QED) is 0.489. The minimum atomic E-state index is -0.365. The van der Waals surface area contributed by atoms with E-state index in [0.29, 0.717) is 33.9 Å². The summed E-state index contributed by atoms with van der Waals surface area (Å²) in [7, 11) is 1.35. The van der Waals surface area contributed by atoms with E-state index in [1.165, 1.54) is 13.2 Å². The van der Waals surface area contributed by atoms with Gasteiger partial charge < -0.3 is 10.1 Å². The summed E-state index contributed by atoms with van der Waals surface area (Å²) < 4.78 is 22.3. The van der Waals surface area contributed by atoms with E-state index < -0.39 is 0 Å². The Morgan fingerprint density at radius 3 is 2.87 bits per heavy atom. The van der Waals surface area contributed by atoms with Gasteiger partial charge in [0.15, 0.2) is 11.5 Å². The first-order chi connectivity index (χ1) is 15.0. The summed E-state index contributed by atoms with van der Waals surface area (Å²) in [6, 6.07) is 5.18. The van der Waals surface area contributed by atoms with Crippen LogP contribution < -0.4 is 5.32 Å². The van der Waals surface area contributed by atoms with Crippen LogP contribution in [0.3, 0.4) is 0 Å². The molecule has 7 nitrogen and oxygen atoms in total. The fourth-order valence-electron chi connectivity index (χ4n) is 4.05. The second-order valence-corrected chi connectivity index (χ2v) is 8.90. The maximum absolute atomic E-state index is 15.0. The van der Waals surface area contributed by atoms with E-state index in [9.17, 15) is 4.79 Å². The summed E-state index contributed by atoms with van der Waals surface area (Å²) in [5.41, 5.74) is 3.69. The predicted molar refractivity (Wildman–Crippen MR) is 117 cm³/mol. The Balaban J connectivity index is 1.60. The number of rotatable bonds is 4. The number of halogens is 1. The third-order valence-electron chi connectivity index (χ3n) is 5.63. The monoisotopic (exact) mass is 439 g/mol. The highest BCUT2D eigenvalue weighted by atomic mass is 32.1. The number of piperidine rings is 1. The lowest BCUT2D eigenvalue weighted by Gasteiger charge is -2.20. The van der Waals surface area contributed by atoms with Crippen molar-refractivity contribution in [2.75, 3.05) is 20.2 Å². The Morgan fingerprint density at radius 2 is 2.10 bits per heavy atom. The van der Waals surface area contributed by atoms with Crippen molar-refractivity contribution < 1.29 is 13.9 Å². The average Bonchev–Trinajstić information content (AvgIpc) is 3.37. The summed E-state index contributed by atoms with van der Waals surface area (Å²) in [6.45, 7) is 3.79. The molecule has 9 heteroatoms. The topological polar surface area (TPSA) is 81.4 Å². The van der Waals surface area contributed by atoms with Crippen LogP contribution in [-0.4, -0.2) is 45.8 Å². The molecule has 0 atom stereocenters. The number of benzene rings is 1. The van der Waals surface area contributed by atoms with Gasteiger partial charge in [-0.15, -0.1) is 11.3 Å². The van der Waals surface area contributed by atoms with E-state index in [-0.39, 0.29) is 18.2 Å². The molecule has 1 N–H and O–H groups in total. The van der Waals surface area contributed by atoms with Gasteiger partial charge in [0.25, 0.3) is 0 Å². The number of carbonyl (C=O) groups is 1. The summed E-state index contributed by atoms with van der Waals surface area (Å²) >= 11 is 1.55. The molecular weight excluding hydrogens is 417 g/mol. The highest BCUT2D eigenvalue weighted by Gasteiger charge is 2.21. The number of aryl methyl sites for hydroxylation is 1. The van der Waals surface area contributed by atoms with Gasteiger partial charge in [-0.3, -0.25) is 4.79 Å². The number of hydrogen-bond donors (Lipinski definition) is 1. The fraction of sp³-hybridized carbons (Fsp3) is 0.364. The first kappa shape index (κ1) is 20.0. The van der Waals surface area contributed by atoms with Crippen molar-refractivity contribution in [3.8, 4) is 11.3 Å². The third-order valence-corrected chi connectivity index (χ3v) is 6.80. The van der Waals surface area contributed by atoms with Crippen molar-refractivity contribution in [1.82, 2.24) is 24.9 Å². The largest absolute Gasteiger partial charge is 0.469 e. The van der Waals surface area contributed by atoms with Crippen LogP contribution in [0, 0.1) is 12.7 Å². The molecule has 5 rings (SSSR count). The molecule has 0 radical (unpaired) electrons. The molecule has 1 fully saturated rings. The molecule has 0 spiro atoms. The number of aromatic nitrogens is 4. The standard InChI is InChI=1S/C22H22FN5O2S/c1-12-11-28-21(25-12)15(10-19(29)30-2)8-17(27-28)14-7-16(23)20-18(9-14)31-22(26-20)13-3-5-24-6-4-13/h7-9,11,13,24H,3-6,10H2,1-2H3.